The lowest BCUT2D eigenvalue weighted by molar-refractivity contribution is -0.384. The lowest BCUT2D eigenvalue weighted by atomic mass is 9.55. The minimum Gasteiger partial charge on any atom is -0.493 e. The van der Waals surface area contributed by atoms with Crippen molar-refractivity contribution in [1.29, 1.82) is 0 Å². The predicted molar refractivity (Wildman–Crippen MR) is 278 cm³/mol. The summed E-state index contributed by atoms with van der Waals surface area (Å²) < 4.78 is 38.7. The Bertz CT molecular complexity index is 2410. The number of hydrogen-bond donors (Lipinski definition) is 3. The quantitative estimate of drug-likeness (QED) is 0.0142. The van der Waals surface area contributed by atoms with Gasteiger partial charge in [0.25, 0.3) is 5.69 Å². The molecule has 392 valence electrons. The van der Waals surface area contributed by atoms with Gasteiger partial charge in [0.15, 0.2) is 0 Å². The Balaban J connectivity index is 1.33. The van der Waals surface area contributed by atoms with E-state index < -0.39 is 28.8 Å². The second-order valence-corrected chi connectivity index (χ2v) is 19.3. The number of carbonyl (C=O) groups excluding carboxylic acids is 1. The van der Waals surface area contributed by atoms with Crippen molar-refractivity contribution in [3.63, 3.8) is 0 Å². The van der Waals surface area contributed by atoms with Crippen LogP contribution < -0.4 is 9.47 Å². The van der Waals surface area contributed by atoms with Gasteiger partial charge in [-0.05, 0) is 96.7 Å². The van der Waals surface area contributed by atoms with Crippen LogP contribution in [0.3, 0.4) is 0 Å². The average molecular weight is 1020 g/mol. The van der Waals surface area contributed by atoms with E-state index >= 15 is 0 Å². The molecule has 2 aliphatic carbocycles. The highest BCUT2D eigenvalue weighted by Crippen LogP contribution is 2.62. The number of aliphatic hydroxyl groups excluding tert-OH is 3. The molecule has 3 aliphatic rings. The third kappa shape index (κ3) is 14.7. The fourth-order valence-electron chi connectivity index (χ4n) is 10.2. The standard InChI is InChI=1S/C56H69N3O13S/c1-2-29-70-56-52(58(25-30-66-31-28-62)55(63)69-33-32-67-39-41-13-5-3-6-14-41)38-50(57-71-40-42-19-21-44(22-20-42)59(64)65)48-36-43(15-9-11-26-60)47(18-10-12-27-61)53(54(48)56)49-37-45(23-24-51(49)72-56)68-34-35-73-46-16-7-4-8-17-46/h2-8,13-14,16-17,19-24,36-37,43,47,52-54,60-62H,1,9-12,15,18,25-35,38-40H2. The van der Waals surface area contributed by atoms with E-state index in [1.807, 2.05) is 60.7 Å². The van der Waals surface area contributed by atoms with Crippen LogP contribution in [0, 0.1) is 27.9 Å². The number of fused-ring (bicyclic) bond motifs is 2. The minimum absolute atomic E-state index is 0.00167. The topological polar surface area (TPSA) is 201 Å². The van der Waals surface area contributed by atoms with Gasteiger partial charge >= 0.3 is 6.09 Å². The largest absolute Gasteiger partial charge is 0.493 e. The van der Waals surface area contributed by atoms with E-state index in [-0.39, 0.29) is 95.9 Å². The number of ether oxygens (including phenoxy) is 6. The van der Waals surface area contributed by atoms with E-state index in [4.69, 9.17) is 38.4 Å². The van der Waals surface area contributed by atoms with Crippen LogP contribution in [0.4, 0.5) is 10.5 Å². The highest BCUT2D eigenvalue weighted by molar-refractivity contribution is 7.99. The van der Waals surface area contributed by atoms with E-state index in [1.165, 1.54) is 12.1 Å². The number of unbranched alkanes of at least 4 members (excludes halogenated alkanes) is 2. The first-order chi connectivity index (χ1) is 35.8. The number of nitrogens with zero attached hydrogens (tertiary/aromatic N) is 3. The molecule has 73 heavy (non-hydrogen) atoms. The summed E-state index contributed by atoms with van der Waals surface area (Å²) in [6, 6.07) is 30.9. The Morgan fingerprint density at radius 3 is 2.32 bits per heavy atom. The maximum Gasteiger partial charge on any atom is 0.410 e. The number of hydrogen-bond acceptors (Lipinski definition) is 15. The van der Waals surface area contributed by atoms with Gasteiger partial charge in [-0.3, -0.25) is 15.0 Å². The van der Waals surface area contributed by atoms with E-state index in [1.54, 1.807) is 34.9 Å². The number of amides is 1. The highest BCUT2D eigenvalue weighted by Gasteiger charge is 2.65. The number of thioether (sulfide) groups is 1. The third-order valence-electron chi connectivity index (χ3n) is 13.4. The molecule has 17 heteroatoms. The molecular formula is C56H69N3O13S. The first-order valence-corrected chi connectivity index (χ1v) is 26.3. The molecule has 4 aromatic rings. The van der Waals surface area contributed by atoms with Gasteiger partial charge in [-0.25, -0.2) is 4.79 Å². The zero-order chi connectivity index (χ0) is 51.3. The molecule has 16 nitrogen and oxygen atoms in total. The summed E-state index contributed by atoms with van der Waals surface area (Å²) in [7, 11) is 0. The van der Waals surface area contributed by atoms with E-state index in [2.05, 4.69) is 30.9 Å². The number of carbonyl (C=O) groups is 1. The first-order valence-electron chi connectivity index (χ1n) is 25.3. The molecule has 0 spiro atoms. The number of benzene rings is 4. The van der Waals surface area contributed by atoms with Crippen molar-refractivity contribution in [1.82, 2.24) is 4.90 Å². The van der Waals surface area contributed by atoms with Gasteiger partial charge < -0.3 is 48.6 Å². The molecule has 0 aromatic heterocycles. The molecule has 1 saturated carbocycles. The molecule has 3 N–H and O–H groups in total. The van der Waals surface area contributed by atoms with Crippen molar-refractivity contribution in [3.8, 4) is 11.5 Å². The van der Waals surface area contributed by atoms with Crippen molar-refractivity contribution in [2.45, 2.75) is 80.8 Å². The molecular weight excluding hydrogens is 955 g/mol. The number of rotatable bonds is 31. The van der Waals surface area contributed by atoms with Crippen LogP contribution in [0.15, 0.2) is 137 Å². The Morgan fingerprint density at radius 1 is 0.849 bits per heavy atom. The maximum absolute atomic E-state index is 14.8. The second kappa shape index (κ2) is 28.6. The van der Waals surface area contributed by atoms with Crippen LogP contribution in [0.25, 0.3) is 0 Å². The molecule has 7 rings (SSSR count). The zero-order valence-corrected chi connectivity index (χ0v) is 42.2. The van der Waals surface area contributed by atoms with Gasteiger partial charge in [-0.2, -0.15) is 0 Å². The smallest absolute Gasteiger partial charge is 0.410 e. The molecule has 1 heterocycles. The Kier molecular flexibility index (Phi) is 21.5. The van der Waals surface area contributed by atoms with E-state index in [0.717, 1.165) is 53.0 Å². The van der Waals surface area contributed by atoms with Gasteiger partial charge in [0.05, 0.1) is 62.8 Å². The van der Waals surface area contributed by atoms with Crippen LogP contribution in [0.1, 0.15) is 67.6 Å². The Morgan fingerprint density at radius 2 is 1.59 bits per heavy atom. The average Bonchev–Trinajstić information content (AvgIpc) is 3.41. The first kappa shape index (κ1) is 55.0. The summed E-state index contributed by atoms with van der Waals surface area (Å²) in [6.07, 6.45) is 7.55. The Hall–Kier alpha value is -5.79. The number of aliphatic hydroxyl groups is 3. The van der Waals surface area contributed by atoms with Crippen LogP contribution in [0.5, 0.6) is 11.5 Å². The number of nitro benzene ring substituents is 1. The van der Waals surface area contributed by atoms with Crippen molar-refractivity contribution >= 4 is 29.3 Å². The summed E-state index contributed by atoms with van der Waals surface area (Å²) in [4.78, 5) is 34.7. The monoisotopic (exact) mass is 1020 g/mol. The highest BCUT2D eigenvalue weighted by atomic mass is 32.2. The molecule has 0 bridgehead atoms. The molecule has 0 radical (unpaired) electrons. The molecule has 1 aliphatic heterocycles. The number of nitro groups is 1. The molecule has 6 atom stereocenters. The summed E-state index contributed by atoms with van der Waals surface area (Å²) in [5, 5.41) is 46.1. The maximum atomic E-state index is 14.8. The summed E-state index contributed by atoms with van der Waals surface area (Å²) in [5.41, 5.74) is 3.89. The van der Waals surface area contributed by atoms with Crippen molar-refractivity contribution in [2.24, 2.45) is 22.9 Å². The van der Waals surface area contributed by atoms with Crippen molar-refractivity contribution < 1.29 is 58.3 Å². The predicted octanol–water partition coefficient (Wildman–Crippen LogP) is 9.26. The molecule has 1 amide bonds. The zero-order valence-electron chi connectivity index (χ0n) is 41.4. The number of allylic oxidation sites excluding steroid dienone is 1. The van der Waals surface area contributed by atoms with E-state index in [9.17, 15) is 30.2 Å². The molecule has 1 fully saturated rings. The molecule has 6 unspecified atom stereocenters. The normalized spacial score (nSPS) is 21.3. The van der Waals surface area contributed by atoms with Gasteiger partial charge in [0, 0.05) is 60.4 Å². The summed E-state index contributed by atoms with van der Waals surface area (Å²) in [6.45, 7) is 4.95. The van der Waals surface area contributed by atoms with Gasteiger partial charge in [0.2, 0.25) is 5.79 Å². The van der Waals surface area contributed by atoms with Crippen LogP contribution in [0.2, 0.25) is 0 Å². The van der Waals surface area contributed by atoms with Crippen molar-refractivity contribution in [2.75, 3.05) is 71.8 Å². The second-order valence-electron chi connectivity index (χ2n) is 18.2. The van der Waals surface area contributed by atoms with Crippen LogP contribution >= 0.6 is 11.8 Å². The lowest BCUT2D eigenvalue weighted by Crippen LogP contribution is -2.70. The van der Waals surface area contributed by atoms with Gasteiger partial charge in [-0.15, -0.1) is 18.3 Å². The van der Waals surface area contributed by atoms with Crippen LogP contribution in [-0.2, 0) is 37.0 Å². The van der Waals surface area contributed by atoms with E-state index in [0.29, 0.717) is 48.8 Å². The fraction of sp³-hybridized carbons (Fsp3) is 0.464. The fourth-order valence-corrected chi connectivity index (χ4v) is 11.0. The Labute approximate surface area is 432 Å². The van der Waals surface area contributed by atoms with Crippen LogP contribution in [-0.4, -0.2) is 121 Å². The van der Waals surface area contributed by atoms with Crippen molar-refractivity contribution in [3.05, 3.63) is 154 Å². The SMILES string of the molecule is C=CCOC12Oc3ccc(OCCSc4ccccc4)cc3C3C(CCCCO)C(CCCCO)C=C(C(=NOCc4ccc([N+](=O)[O-])cc4)CC1N(CCOCCO)C(=O)OCCOCc1ccccc1)C32. The summed E-state index contributed by atoms with van der Waals surface area (Å²) >= 11 is 1.71. The number of non-ortho nitro benzene ring substituents is 1. The van der Waals surface area contributed by atoms with Gasteiger partial charge in [-0.1, -0.05) is 78.7 Å². The molecule has 4 aromatic carbocycles. The van der Waals surface area contributed by atoms with Gasteiger partial charge in [0.1, 0.15) is 30.8 Å². The number of oxime groups is 1. The molecule has 0 saturated heterocycles. The minimum atomic E-state index is -1.57. The third-order valence-corrected chi connectivity index (χ3v) is 14.4. The lowest BCUT2D eigenvalue weighted by Gasteiger charge is -2.59. The summed E-state index contributed by atoms with van der Waals surface area (Å²) in [5.74, 6) is -0.588.